The molecular weight excluding hydrogens is 461 g/mol. The minimum atomic E-state index is -0.207. The first-order valence-electron chi connectivity index (χ1n) is 11.2. The first kappa shape index (κ1) is 22.6. The fourth-order valence-corrected chi connectivity index (χ4v) is 6.69. The van der Waals surface area contributed by atoms with Gasteiger partial charge in [-0.05, 0) is 62.7 Å². The molecule has 3 nitrogen and oxygen atoms in total. The topological polar surface area (TPSA) is 40.2 Å². The van der Waals surface area contributed by atoms with Crippen molar-refractivity contribution < 1.29 is 4.39 Å². The number of nitrogens with zero attached hydrogens (tertiary/aromatic N) is 1. The Kier molecular flexibility index (Phi) is 6.11. The number of halogens is 1. The minimum absolute atomic E-state index is 0.207. The molecule has 0 fully saturated rings. The van der Waals surface area contributed by atoms with Crippen molar-refractivity contribution in [2.45, 2.75) is 27.2 Å². The van der Waals surface area contributed by atoms with Gasteiger partial charge in [0.2, 0.25) is 0 Å². The molecule has 0 bridgehead atoms. The maximum Gasteiger partial charge on any atom is 0.147 e. The Bertz CT molecular complexity index is 1550. The van der Waals surface area contributed by atoms with E-state index in [4.69, 9.17) is 4.99 Å². The lowest BCUT2D eigenvalue weighted by Crippen LogP contribution is -2.00. The van der Waals surface area contributed by atoms with E-state index in [1.54, 1.807) is 28.9 Å². The van der Waals surface area contributed by atoms with Gasteiger partial charge in [-0.15, -0.1) is 22.7 Å². The number of aryl methyl sites for hydroxylation is 2. The van der Waals surface area contributed by atoms with E-state index >= 15 is 0 Å². The molecule has 6 heteroatoms. The number of H-pyrrole nitrogens is 1. The van der Waals surface area contributed by atoms with Crippen LogP contribution in [0, 0.1) is 19.7 Å². The van der Waals surface area contributed by atoms with E-state index in [1.807, 2.05) is 19.9 Å². The Hall–Kier alpha value is -3.22. The Morgan fingerprint density at radius 2 is 2.03 bits per heavy atom. The molecule has 3 aromatic heterocycles. The number of thiophene rings is 2. The summed E-state index contributed by atoms with van der Waals surface area (Å²) in [6, 6.07) is 14.1. The average Bonchev–Trinajstić information content (AvgIpc) is 3.52. The van der Waals surface area contributed by atoms with Crippen LogP contribution in [0.25, 0.3) is 31.4 Å². The third-order valence-electron chi connectivity index (χ3n) is 6.21. The van der Waals surface area contributed by atoms with Gasteiger partial charge in [0.1, 0.15) is 5.82 Å². The van der Waals surface area contributed by atoms with Crippen LogP contribution in [0.1, 0.15) is 28.6 Å². The number of aromatic nitrogens is 1. The number of rotatable bonds is 7. The molecule has 5 rings (SSSR count). The first-order chi connectivity index (χ1) is 16.5. The van der Waals surface area contributed by atoms with Crippen LogP contribution in [0.4, 0.5) is 10.1 Å². The van der Waals surface area contributed by atoms with E-state index < -0.39 is 0 Å². The quantitative estimate of drug-likeness (QED) is 0.222. The van der Waals surface area contributed by atoms with Crippen LogP contribution in [-0.2, 0) is 6.42 Å². The number of anilines is 1. The molecule has 0 atom stereocenters. The van der Waals surface area contributed by atoms with Crippen molar-refractivity contribution in [1.29, 1.82) is 0 Å². The molecule has 0 saturated heterocycles. The normalized spacial score (nSPS) is 12.1. The Balaban J connectivity index is 1.45. The predicted octanol–water partition coefficient (Wildman–Crippen LogP) is 8.47. The van der Waals surface area contributed by atoms with Gasteiger partial charge < -0.3 is 10.3 Å². The van der Waals surface area contributed by atoms with E-state index in [0.717, 1.165) is 44.9 Å². The van der Waals surface area contributed by atoms with Gasteiger partial charge in [-0.3, -0.25) is 4.99 Å². The van der Waals surface area contributed by atoms with Gasteiger partial charge in [0.05, 0.1) is 21.8 Å². The van der Waals surface area contributed by atoms with Gasteiger partial charge in [-0.25, -0.2) is 4.39 Å². The zero-order valence-corrected chi connectivity index (χ0v) is 21.1. The second-order valence-electron chi connectivity index (χ2n) is 8.41. The molecule has 0 radical (unpaired) electrons. The molecule has 0 aliphatic rings. The second kappa shape index (κ2) is 9.20. The van der Waals surface area contributed by atoms with Crippen LogP contribution in [0.2, 0.25) is 0 Å². The molecule has 3 heterocycles. The maximum atomic E-state index is 14.3. The summed E-state index contributed by atoms with van der Waals surface area (Å²) in [4.78, 5) is 10.5. The van der Waals surface area contributed by atoms with Crippen LogP contribution in [-0.4, -0.2) is 17.2 Å². The number of hydrogen-bond donors (Lipinski definition) is 2. The van der Waals surface area contributed by atoms with Gasteiger partial charge in [0.15, 0.2) is 0 Å². The van der Waals surface area contributed by atoms with Gasteiger partial charge >= 0.3 is 0 Å². The van der Waals surface area contributed by atoms with Crippen molar-refractivity contribution in [2.75, 3.05) is 11.9 Å². The summed E-state index contributed by atoms with van der Waals surface area (Å²) < 4.78 is 15.6. The third kappa shape index (κ3) is 3.97. The Labute approximate surface area is 206 Å². The molecule has 0 aliphatic carbocycles. The average molecular weight is 488 g/mol. The van der Waals surface area contributed by atoms with E-state index in [0.29, 0.717) is 12.1 Å². The van der Waals surface area contributed by atoms with E-state index in [2.05, 4.69) is 59.5 Å². The maximum absolute atomic E-state index is 14.3. The lowest BCUT2D eigenvalue weighted by Gasteiger charge is -2.05. The van der Waals surface area contributed by atoms with Crippen molar-refractivity contribution in [3.8, 4) is 10.4 Å². The highest BCUT2D eigenvalue weighted by atomic mass is 32.1. The van der Waals surface area contributed by atoms with Crippen LogP contribution < -0.4 is 5.32 Å². The number of aromatic amines is 1. The monoisotopic (exact) mass is 487 g/mol. The Morgan fingerprint density at radius 3 is 2.85 bits per heavy atom. The van der Waals surface area contributed by atoms with Gasteiger partial charge in [0.25, 0.3) is 0 Å². The molecule has 5 aromatic rings. The summed E-state index contributed by atoms with van der Waals surface area (Å²) in [7, 11) is 0. The number of aliphatic imine (C=N–C) groups is 1. The summed E-state index contributed by atoms with van der Waals surface area (Å²) in [5.41, 5.74) is 7.09. The molecule has 2 N–H and O–H groups in total. The molecule has 0 unspecified atom stereocenters. The van der Waals surface area contributed by atoms with Crippen molar-refractivity contribution in [3.63, 3.8) is 0 Å². The zero-order valence-electron chi connectivity index (χ0n) is 19.5. The molecule has 34 heavy (non-hydrogen) atoms. The molecule has 0 saturated carbocycles. The van der Waals surface area contributed by atoms with Crippen LogP contribution in [0.3, 0.4) is 0 Å². The molecule has 2 aromatic carbocycles. The van der Waals surface area contributed by atoms with Crippen molar-refractivity contribution in [3.05, 3.63) is 88.1 Å². The highest BCUT2D eigenvalue weighted by Gasteiger charge is 2.16. The number of fused-ring (bicyclic) bond motifs is 2. The van der Waals surface area contributed by atoms with Gasteiger partial charge in [-0.2, -0.15) is 0 Å². The summed E-state index contributed by atoms with van der Waals surface area (Å²) in [6.45, 7) is 10.6. The third-order valence-corrected chi connectivity index (χ3v) is 8.45. The van der Waals surface area contributed by atoms with E-state index in [9.17, 15) is 4.39 Å². The van der Waals surface area contributed by atoms with Crippen LogP contribution in [0.15, 0.2) is 65.6 Å². The fraction of sp³-hybridized carbons (Fsp3) is 0.179. The van der Waals surface area contributed by atoms with Crippen LogP contribution in [0.5, 0.6) is 0 Å². The Morgan fingerprint density at radius 1 is 1.21 bits per heavy atom. The predicted molar refractivity (Wildman–Crippen MR) is 147 cm³/mol. The molecule has 0 spiro atoms. The lowest BCUT2D eigenvalue weighted by molar-refractivity contribution is 0.637. The molecule has 0 amide bonds. The smallest absolute Gasteiger partial charge is 0.147 e. The highest BCUT2D eigenvalue weighted by molar-refractivity contribution is 7.20. The van der Waals surface area contributed by atoms with Crippen molar-refractivity contribution >= 4 is 55.1 Å². The van der Waals surface area contributed by atoms with Crippen molar-refractivity contribution in [2.24, 2.45) is 4.99 Å². The van der Waals surface area contributed by atoms with Gasteiger partial charge in [-0.1, -0.05) is 30.8 Å². The SMILES string of the molecule is C=CNc1cc(-c2csc3ccccc23)sc1C(C)=NCCc1c(C)[nH]c2c(F)ccc(C)c12. The molecule has 0 aliphatic heterocycles. The molecular formula is C28H26FN3S2. The largest absolute Gasteiger partial charge is 0.361 e. The van der Waals surface area contributed by atoms with E-state index in [1.165, 1.54) is 26.6 Å². The highest BCUT2D eigenvalue weighted by Crippen LogP contribution is 2.41. The van der Waals surface area contributed by atoms with Gasteiger partial charge in [0, 0.05) is 43.5 Å². The number of hydrogen-bond acceptors (Lipinski definition) is 4. The summed E-state index contributed by atoms with van der Waals surface area (Å²) >= 11 is 3.52. The number of nitrogens with one attached hydrogen (secondary N) is 2. The summed E-state index contributed by atoms with van der Waals surface area (Å²) in [6.07, 6.45) is 2.46. The van der Waals surface area contributed by atoms with E-state index in [-0.39, 0.29) is 5.82 Å². The van der Waals surface area contributed by atoms with Crippen LogP contribution >= 0.6 is 22.7 Å². The molecule has 172 valence electrons. The minimum Gasteiger partial charge on any atom is -0.361 e. The zero-order chi connectivity index (χ0) is 23.8. The lowest BCUT2D eigenvalue weighted by atomic mass is 10.0. The second-order valence-corrected chi connectivity index (χ2v) is 10.4. The number of benzene rings is 2. The summed E-state index contributed by atoms with van der Waals surface area (Å²) in [5, 5.41) is 7.78. The first-order valence-corrected chi connectivity index (χ1v) is 12.9. The standard InChI is InChI=1S/C28H26FN3S2/c1-5-30-23-14-25(21-15-33-24-9-7-6-8-20(21)24)34-28(23)18(4)31-13-12-19-17(3)32-27-22(29)11-10-16(2)26(19)27/h5-11,14-15,30,32H,1,12-13H2,2-4H3. The summed E-state index contributed by atoms with van der Waals surface area (Å²) in [5.74, 6) is -0.207. The van der Waals surface area contributed by atoms with Crippen molar-refractivity contribution in [1.82, 2.24) is 4.98 Å². The fourth-order valence-electron chi connectivity index (χ4n) is 4.54.